The molecule has 0 spiro atoms. The van der Waals surface area contributed by atoms with Gasteiger partial charge in [0, 0.05) is 5.56 Å². The number of benzene rings is 1. The first-order chi connectivity index (χ1) is 10.0. The van der Waals surface area contributed by atoms with E-state index < -0.39 is 0 Å². The highest BCUT2D eigenvalue weighted by Gasteiger charge is 2.15. The van der Waals surface area contributed by atoms with Gasteiger partial charge in [0.15, 0.2) is 0 Å². The molecule has 0 radical (unpaired) electrons. The Kier molecular flexibility index (Phi) is 5.27. The molecule has 1 aromatic carbocycles. The summed E-state index contributed by atoms with van der Waals surface area (Å²) < 4.78 is 0.793. The molecular formula is C15H11Cl2NO2S. The van der Waals surface area contributed by atoms with E-state index in [1.165, 1.54) is 6.07 Å². The van der Waals surface area contributed by atoms with Gasteiger partial charge in [-0.25, -0.2) is 0 Å². The number of thiophene rings is 1. The van der Waals surface area contributed by atoms with Crippen molar-refractivity contribution < 1.29 is 9.90 Å². The minimum atomic E-state index is -0.348. The second-order valence-corrected chi connectivity index (χ2v) is 6.49. The van der Waals surface area contributed by atoms with E-state index in [4.69, 9.17) is 28.3 Å². The third-order valence-corrected chi connectivity index (χ3v) is 4.11. The van der Waals surface area contributed by atoms with E-state index in [0.29, 0.717) is 25.5 Å². The minimum Gasteiger partial charge on any atom is -0.384 e. The fraction of sp³-hybridized carbons (Fsp3) is 0.133. The van der Waals surface area contributed by atoms with Crippen LogP contribution >= 0.6 is 34.5 Å². The van der Waals surface area contributed by atoms with Crippen LogP contribution in [-0.2, 0) is 0 Å². The van der Waals surface area contributed by atoms with Gasteiger partial charge in [-0.2, -0.15) is 0 Å². The summed E-state index contributed by atoms with van der Waals surface area (Å²) in [6.07, 6.45) is 0. The zero-order valence-electron chi connectivity index (χ0n) is 11.0. The number of rotatable bonds is 2. The second kappa shape index (κ2) is 6.97. The van der Waals surface area contributed by atoms with Crippen molar-refractivity contribution >= 4 is 46.1 Å². The van der Waals surface area contributed by atoms with Crippen LogP contribution in [0.25, 0.3) is 0 Å². The Morgan fingerprint density at radius 3 is 2.76 bits per heavy atom. The Labute approximate surface area is 136 Å². The average molecular weight is 340 g/mol. The normalized spacial score (nSPS) is 9.90. The zero-order valence-corrected chi connectivity index (χ0v) is 13.4. The SMILES string of the molecule is Cc1ccc(NC(=O)c2cc(Cl)sc2Cl)c(C#CCO)c1. The van der Waals surface area contributed by atoms with Gasteiger partial charge in [-0.1, -0.05) is 41.1 Å². The molecule has 0 saturated carbocycles. The van der Waals surface area contributed by atoms with Gasteiger partial charge < -0.3 is 10.4 Å². The fourth-order valence-electron chi connectivity index (χ4n) is 1.69. The Morgan fingerprint density at radius 1 is 1.38 bits per heavy atom. The van der Waals surface area contributed by atoms with Crippen LogP contribution in [0.2, 0.25) is 8.67 Å². The molecule has 6 heteroatoms. The van der Waals surface area contributed by atoms with Gasteiger partial charge in [-0.05, 0) is 30.7 Å². The van der Waals surface area contributed by atoms with Crippen LogP contribution in [0, 0.1) is 18.8 Å². The number of halogens is 2. The maximum Gasteiger partial charge on any atom is 0.258 e. The molecule has 1 heterocycles. The average Bonchev–Trinajstić information content (AvgIpc) is 2.78. The van der Waals surface area contributed by atoms with Crippen molar-refractivity contribution in [1.82, 2.24) is 0 Å². The van der Waals surface area contributed by atoms with Crippen LogP contribution in [0.3, 0.4) is 0 Å². The van der Waals surface area contributed by atoms with Gasteiger partial charge in [0.05, 0.1) is 15.6 Å². The Balaban J connectivity index is 2.31. The van der Waals surface area contributed by atoms with Gasteiger partial charge >= 0.3 is 0 Å². The molecule has 0 aliphatic carbocycles. The smallest absolute Gasteiger partial charge is 0.258 e. The number of hydrogen-bond donors (Lipinski definition) is 2. The van der Waals surface area contributed by atoms with E-state index in [1.807, 2.05) is 19.1 Å². The number of carbonyl (C=O) groups excluding carboxylic acids is 1. The summed E-state index contributed by atoms with van der Waals surface area (Å²) in [6, 6.07) is 6.98. The molecule has 1 aromatic heterocycles. The fourth-order valence-corrected chi connectivity index (χ4v) is 3.15. The number of carbonyl (C=O) groups is 1. The largest absolute Gasteiger partial charge is 0.384 e. The third-order valence-electron chi connectivity index (χ3n) is 2.63. The van der Waals surface area contributed by atoms with Gasteiger partial charge in [-0.15, -0.1) is 11.3 Å². The first-order valence-electron chi connectivity index (χ1n) is 5.98. The van der Waals surface area contributed by atoms with Crippen molar-refractivity contribution in [2.75, 3.05) is 11.9 Å². The van der Waals surface area contributed by atoms with Crippen LogP contribution in [0.5, 0.6) is 0 Å². The van der Waals surface area contributed by atoms with Crippen molar-refractivity contribution in [2.24, 2.45) is 0 Å². The molecule has 0 unspecified atom stereocenters. The van der Waals surface area contributed by atoms with Crippen LogP contribution in [0.4, 0.5) is 5.69 Å². The second-order valence-electron chi connectivity index (χ2n) is 4.20. The van der Waals surface area contributed by atoms with Gasteiger partial charge in [0.25, 0.3) is 5.91 Å². The number of nitrogens with one attached hydrogen (secondary N) is 1. The van der Waals surface area contributed by atoms with Crippen molar-refractivity contribution in [2.45, 2.75) is 6.92 Å². The summed E-state index contributed by atoms with van der Waals surface area (Å²) in [7, 11) is 0. The van der Waals surface area contributed by atoms with Crippen molar-refractivity contribution in [3.05, 3.63) is 49.6 Å². The molecule has 0 aliphatic rings. The summed E-state index contributed by atoms with van der Waals surface area (Å²) in [6.45, 7) is 1.68. The zero-order chi connectivity index (χ0) is 15.4. The molecule has 0 atom stereocenters. The Morgan fingerprint density at radius 2 is 2.14 bits per heavy atom. The van der Waals surface area contributed by atoms with Crippen LogP contribution in [0.1, 0.15) is 21.5 Å². The number of amides is 1. The molecule has 2 aromatic rings. The molecular weight excluding hydrogens is 329 g/mol. The maximum atomic E-state index is 12.2. The lowest BCUT2D eigenvalue weighted by Gasteiger charge is -2.08. The molecule has 2 rings (SSSR count). The topological polar surface area (TPSA) is 49.3 Å². The lowest BCUT2D eigenvalue weighted by molar-refractivity contribution is 0.102. The lowest BCUT2D eigenvalue weighted by Crippen LogP contribution is -2.12. The number of aryl methyl sites for hydroxylation is 1. The molecule has 108 valence electrons. The molecule has 0 bridgehead atoms. The van der Waals surface area contributed by atoms with E-state index in [2.05, 4.69) is 17.2 Å². The molecule has 0 aliphatic heterocycles. The van der Waals surface area contributed by atoms with Crippen LogP contribution < -0.4 is 5.32 Å². The quantitative estimate of drug-likeness (QED) is 0.813. The highest BCUT2D eigenvalue weighted by Crippen LogP contribution is 2.31. The number of anilines is 1. The van der Waals surface area contributed by atoms with Gasteiger partial charge in [0.2, 0.25) is 0 Å². The van der Waals surface area contributed by atoms with Crippen molar-refractivity contribution in [3.8, 4) is 11.8 Å². The summed E-state index contributed by atoms with van der Waals surface area (Å²) in [5.41, 5.74) is 2.53. The number of aliphatic hydroxyl groups is 1. The van der Waals surface area contributed by atoms with E-state index in [9.17, 15) is 4.79 Å². The highest BCUT2D eigenvalue weighted by molar-refractivity contribution is 7.20. The van der Waals surface area contributed by atoms with E-state index >= 15 is 0 Å². The van der Waals surface area contributed by atoms with E-state index in [-0.39, 0.29) is 12.5 Å². The minimum absolute atomic E-state index is 0.243. The monoisotopic (exact) mass is 339 g/mol. The van der Waals surface area contributed by atoms with Crippen molar-refractivity contribution in [1.29, 1.82) is 0 Å². The number of aliphatic hydroxyl groups excluding tert-OH is 1. The van der Waals surface area contributed by atoms with E-state index in [0.717, 1.165) is 16.9 Å². The Bertz CT molecular complexity index is 744. The molecule has 1 amide bonds. The molecule has 0 fully saturated rings. The summed E-state index contributed by atoms with van der Waals surface area (Å²) >= 11 is 12.9. The van der Waals surface area contributed by atoms with Crippen LogP contribution in [-0.4, -0.2) is 17.6 Å². The maximum absolute atomic E-state index is 12.2. The molecule has 3 nitrogen and oxygen atoms in total. The lowest BCUT2D eigenvalue weighted by atomic mass is 10.1. The standard InChI is InChI=1S/C15H11Cl2NO2S/c1-9-4-5-12(10(7-9)3-2-6-19)18-15(20)11-8-13(16)21-14(11)17/h4-5,7-8,19H,6H2,1H3,(H,18,20). The molecule has 21 heavy (non-hydrogen) atoms. The summed E-state index contributed by atoms with van der Waals surface area (Å²) in [5, 5.41) is 11.6. The molecule has 0 saturated heterocycles. The first kappa shape index (κ1) is 15.9. The first-order valence-corrected chi connectivity index (χ1v) is 7.55. The third kappa shape index (κ3) is 3.99. The predicted octanol–water partition coefficient (Wildman–Crippen LogP) is 3.96. The van der Waals surface area contributed by atoms with Gasteiger partial charge in [0.1, 0.15) is 10.9 Å². The Hall–Kier alpha value is -1.51. The highest BCUT2D eigenvalue weighted by atomic mass is 35.5. The molecule has 2 N–H and O–H groups in total. The predicted molar refractivity (Wildman–Crippen MR) is 87.4 cm³/mol. The van der Waals surface area contributed by atoms with Gasteiger partial charge in [-0.3, -0.25) is 4.79 Å². The summed E-state index contributed by atoms with van der Waals surface area (Å²) in [4.78, 5) is 12.2. The number of hydrogen-bond acceptors (Lipinski definition) is 3. The van der Waals surface area contributed by atoms with E-state index in [1.54, 1.807) is 6.07 Å². The van der Waals surface area contributed by atoms with Crippen LogP contribution in [0.15, 0.2) is 24.3 Å². The summed E-state index contributed by atoms with van der Waals surface area (Å²) in [5.74, 6) is 5.03. The van der Waals surface area contributed by atoms with Crippen molar-refractivity contribution in [3.63, 3.8) is 0 Å².